The van der Waals surface area contributed by atoms with Gasteiger partial charge in [0.15, 0.2) is 0 Å². The molecule has 0 aliphatic carbocycles. The molecule has 0 radical (unpaired) electrons. The molecule has 1 aromatic heterocycles. The SMILES string of the molecule is CCCc1cc(CN)cc(N2CC(C)CC2C)n1. The summed E-state index contributed by atoms with van der Waals surface area (Å²) in [5, 5.41) is 0. The van der Waals surface area contributed by atoms with Crippen molar-refractivity contribution in [1.82, 2.24) is 4.98 Å². The third-order valence-corrected chi connectivity index (χ3v) is 3.74. The molecule has 1 saturated heterocycles. The van der Waals surface area contributed by atoms with Gasteiger partial charge < -0.3 is 10.6 Å². The lowest BCUT2D eigenvalue weighted by Gasteiger charge is -2.24. The van der Waals surface area contributed by atoms with Gasteiger partial charge in [-0.05, 0) is 43.4 Å². The van der Waals surface area contributed by atoms with Crippen molar-refractivity contribution in [1.29, 1.82) is 0 Å². The van der Waals surface area contributed by atoms with E-state index in [2.05, 4.69) is 37.8 Å². The second-order valence-electron chi connectivity index (χ2n) is 5.62. The Morgan fingerprint density at radius 1 is 1.39 bits per heavy atom. The third kappa shape index (κ3) is 2.83. The Labute approximate surface area is 110 Å². The minimum absolute atomic E-state index is 0.593. The van der Waals surface area contributed by atoms with Crippen LogP contribution < -0.4 is 10.6 Å². The maximum atomic E-state index is 5.80. The summed E-state index contributed by atoms with van der Waals surface area (Å²) in [6, 6.07) is 4.90. The molecule has 1 fully saturated rings. The molecule has 2 heterocycles. The van der Waals surface area contributed by atoms with Gasteiger partial charge in [0.1, 0.15) is 5.82 Å². The number of anilines is 1. The first-order valence-electron chi connectivity index (χ1n) is 7.10. The van der Waals surface area contributed by atoms with Gasteiger partial charge in [0, 0.05) is 24.8 Å². The van der Waals surface area contributed by atoms with Crippen molar-refractivity contribution >= 4 is 5.82 Å². The van der Waals surface area contributed by atoms with Crippen molar-refractivity contribution in [3.8, 4) is 0 Å². The zero-order chi connectivity index (χ0) is 13.1. The second-order valence-corrected chi connectivity index (χ2v) is 5.62. The summed E-state index contributed by atoms with van der Waals surface area (Å²) in [5.41, 5.74) is 8.18. The van der Waals surface area contributed by atoms with Crippen LogP contribution in [0.1, 0.15) is 44.9 Å². The normalized spacial score (nSPS) is 23.7. The van der Waals surface area contributed by atoms with Gasteiger partial charge in [-0.15, -0.1) is 0 Å². The lowest BCUT2D eigenvalue weighted by atomic mass is 10.1. The van der Waals surface area contributed by atoms with Gasteiger partial charge in [-0.3, -0.25) is 0 Å². The third-order valence-electron chi connectivity index (χ3n) is 3.74. The summed E-state index contributed by atoms with van der Waals surface area (Å²) in [6.45, 7) is 8.52. The van der Waals surface area contributed by atoms with Gasteiger partial charge in [0.25, 0.3) is 0 Å². The van der Waals surface area contributed by atoms with E-state index in [0.29, 0.717) is 12.6 Å². The van der Waals surface area contributed by atoms with Crippen LogP contribution in [0.25, 0.3) is 0 Å². The van der Waals surface area contributed by atoms with E-state index in [9.17, 15) is 0 Å². The lowest BCUT2D eigenvalue weighted by molar-refractivity contribution is 0.625. The van der Waals surface area contributed by atoms with E-state index in [0.717, 1.165) is 31.1 Å². The number of hydrogen-bond donors (Lipinski definition) is 1. The summed E-state index contributed by atoms with van der Waals surface area (Å²) < 4.78 is 0. The highest BCUT2D eigenvalue weighted by Gasteiger charge is 2.27. The van der Waals surface area contributed by atoms with E-state index < -0.39 is 0 Å². The summed E-state index contributed by atoms with van der Waals surface area (Å²) in [4.78, 5) is 7.24. The van der Waals surface area contributed by atoms with Crippen LogP contribution in [-0.2, 0) is 13.0 Å². The Balaban J connectivity index is 2.28. The zero-order valence-corrected chi connectivity index (χ0v) is 11.8. The fourth-order valence-corrected chi connectivity index (χ4v) is 2.90. The monoisotopic (exact) mass is 247 g/mol. The molecule has 1 aliphatic heterocycles. The highest BCUT2D eigenvalue weighted by molar-refractivity contribution is 5.45. The summed E-state index contributed by atoms with van der Waals surface area (Å²) >= 11 is 0. The van der Waals surface area contributed by atoms with E-state index in [1.807, 2.05) is 0 Å². The van der Waals surface area contributed by atoms with Gasteiger partial charge in [-0.2, -0.15) is 0 Å². The van der Waals surface area contributed by atoms with Crippen molar-refractivity contribution in [3.05, 3.63) is 23.4 Å². The Morgan fingerprint density at radius 2 is 2.17 bits per heavy atom. The van der Waals surface area contributed by atoms with E-state index >= 15 is 0 Å². The van der Waals surface area contributed by atoms with Crippen LogP contribution in [0.5, 0.6) is 0 Å². The fourth-order valence-electron chi connectivity index (χ4n) is 2.90. The first-order valence-corrected chi connectivity index (χ1v) is 7.10. The average molecular weight is 247 g/mol. The minimum Gasteiger partial charge on any atom is -0.354 e. The maximum absolute atomic E-state index is 5.80. The molecule has 100 valence electrons. The Hall–Kier alpha value is -1.09. The summed E-state index contributed by atoms with van der Waals surface area (Å²) in [6.07, 6.45) is 3.43. The summed E-state index contributed by atoms with van der Waals surface area (Å²) in [7, 11) is 0. The Kier molecular flexibility index (Phi) is 4.23. The molecule has 0 aromatic carbocycles. The number of nitrogens with zero attached hydrogens (tertiary/aromatic N) is 2. The van der Waals surface area contributed by atoms with Crippen LogP contribution in [0, 0.1) is 5.92 Å². The molecule has 2 atom stereocenters. The molecule has 0 spiro atoms. The highest BCUT2D eigenvalue weighted by Crippen LogP contribution is 2.28. The molecule has 1 aliphatic rings. The average Bonchev–Trinajstić information content (AvgIpc) is 2.68. The predicted octanol–water partition coefficient (Wildman–Crippen LogP) is 2.73. The minimum atomic E-state index is 0.593. The molecule has 2 rings (SSSR count). The van der Waals surface area contributed by atoms with E-state index in [-0.39, 0.29) is 0 Å². The molecule has 3 nitrogen and oxygen atoms in total. The Morgan fingerprint density at radius 3 is 2.72 bits per heavy atom. The highest BCUT2D eigenvalue weighted by atomic mass is 15.2. The van der Waals surface area contributed by atoms with Gasteiger partial charge in [0.05, 0.1) is 0 Å². The zero-order valence-electron chi connectivity index (χ0n) is 11.8. The van der Waals surface area contributed by atoms with E-state index in [4.69, 9.17) is 10.7 Å². The molecule has 2 unspecified atom stereocenters. The first kappa shape index (κ1) is 13.3. The van der Waals surface area contributed by atoms with Crippen LogP contribution in [-0.4, -0.2) is 17.6 Å². The smallest absolute Gasteiger partial charge is 0.129 e. The Bertz CT molecular complexity index is 403. The van der Waals surface area contributed by atoms with Crippen molar-refractivity contribution < 1.29 is 0 Å². The van der Waals surface area contributed by atoms with E-state index in [1.165, 1.54) is 17.7 Å². The van der Waals surface area contributed by atoms with Crippen molar-refractivity contribution in [2.45, 2.75) is 52.6 Å². The lowest BCUT2D eigenvalue weighted by Crippen LogP contribution is -2.28. The fraction of sp³-hybridized carbons (Fsp3) is 0.667. The van der Waals surface area contributed by atoms with Crippen LogP contribution >= 0.6 is 0 Å². The van der Waals surface area contributed by atoms with Gasteiger partial charge in [-0.1, -0.05) is 20.3 Å². The number of hydrogen-bond acceptors (Lipinski definition) is 3. The van der Waals surface area contributed by atoms with Crippen molar-refractivity contribution in [2.75, 3.05) is 11.4 Å². The molecular weight excluding hydrogens is 222 g/mol. The number of rotatable bonds is 4. The molecular formula is C15H25N3. The summed E-state index contributed by atoms with van der Waals surface area (Å²) in [5.74, 6) is 1.89. The van der Waals surface area contributed by atoms with Crippen LogP contribution in [0.3, 0.4) is 0 Å². The van der Waals surface area contributed by atoms with Gasteiger partial charge >= 0.3 is 0 Å². The molecule has 1 aromatic rings. The molecule has 18 heavy (non-hydrogen) atoms. The first-order chi connectivity index (χ1) is 8.63. The van der Waals surface area contributed by atoms with E-state index in [1.54, 1.807) is 0 Å². The standard InChI is InChI=1S/C15H25N3/c1-4-5-14-7-13(9-16)8-15(17-14)18-10-11(2)6-12(18)3/h7-8,11-12H,4-6,9-10,16H2,1-3H3. The van der Waals surface area contributed by atoms with Crippen molar-refractivity contribution in [3.63, 3.8) is 0 Å². The molecule has 0 bridgehead atoms. The largest absolute Gasteiger partial charge is 0.354 e. The number of aryl methyl sites for hydroxylation is 1. The number of aromatic nitrogens is 1. The topological polar surface area (TPSA) is 42.1 Å². The van der Waals surface area contributed by atoms with Crippen LogP contribution in [0.2, 0.25) is 0 Å². The molecule has 0 saturated carbocycles. The second kappa shape index (κ2) is 5.70. The number of pyridine rings is 1. The van der Waals surface area contributed by atoms with Gasteiger partial charge in [0.2, 0.25) is 0 Å². The predicted molar refractivity (Wildman–Crippen MR) is 76.7 cm³/mol. The van der Waals surface area contributed by atoms with Gasteiger partial charge in [-0.25, -0.2) is 4.98 Å². The molecule has 3 heteroatoms. The van der Waals surface area contributed by atoms with Crippen LogP contribution in [0.4, 0.5) is 5.82 Å². The quantitative estimate of drug-likeness (QED) is 0.889. The van der Waals surface area contributed by atoms with Crippen molar-refractivity contribution in [2.24, 2.45) is 11.7 Å². The number of nitrogens with two attached hydrogens (primary N) is 1. The maximum Gasteiger partial charge on any atom is 0.129 e. The molecule has 2 N–H and O–H groups in total. The molecule has 0 amide bonds. The van der Waals surface area contributed by atoms with Crippen LogP contribution in [0.15, 0.2) is 12.1 Å².